The lowest BCUT2D eigenvalue weighted by atomic mass is 10.0. The van der Waals surface area contributed by atoms with Crippen LogP contribution in [0, 0.1) is 0 Å². The van der Waals surface area contributed by atoms with Gasteiger partial charge in [0.05, 0.1) is 39.0 Å². The van der Waals surface area contributed by atoms with Gasteiger partial charge in [-0.05, 0) is 60.0 Å². The van der Waals surface area contributed by atoms with Crippen LogP contribution in [0.5, 0.6) is 0 Å². The predicted molar refractivity (Wildman–Crippen MR) is 233 cm³/mol. The van der Waals surface area contributed by atoms with Crippen LogP contribution in [-0.4, -0.2) is 38.9 Å². The van der Waals surface area contributed by atoms with Crippen molar-refractivity contribution in [3.05, 3.63) is 182 Å². The summed E-state index contributed by atoms with van der Waals surface area (Å²) in [5.41, 5.74) is 11.7. The molecule has 0 spiro atoms. The number of imidazole rings is 1. The maximum absolute atomic E-state index is 5.26. The van der Waals surface area contributed by atoms with E-state index in [0.717, 1.165) is 93.8 Å². The van der Waals surface area contributed by atoms with Crippen LogP contribution < -0.4 is 0 Å². The van der Waals surface area contributed by atoms with Crippen molar-refractivity contribution in [3.8, 4) is 51.2 Å². The van der Waals surface area contributed by atoms with Crippen molar-refractivity contribution in [2.75, 3.05) is 0 Å². The van der Waals surface area contributed by atoms with Crippen LogP contribution in [0.25, 0.3) is 111 Å². The number of rotatable bonds is 5. The largest absolute Gasteiger partial charge is 0.292 e. The summed E-state index contributed by atoms with van der Waals surface area (Å²) >= 11 is 0. The fraction of sp³-hybridized carbons (Fsp3) is 0. The van der Waals surface area contributed by atoms with E-state index in [4.69, 9.17) is 19.9 Å². The van der Waals surface area contributed by atoms with Gasteiger partial charge in [0.25, 0.3) is 0 Å². The van der Waals surface area contributed by atoms with E-state index in [-0.39, 0.29) is 0 Å². The molecule has 0 amide bonds. The van der Waals surface area contributed by atoms with Crippen LogP contribution in [0.1, 0.15) is 0 Å². The number of aromatic nitrogens is 8. The predicted octanol–water partition coefficient (Wildman–Crippen LogP) is 11.5. The Labute approximate surface area is 331 Å². The maximum atomic E-state index is 5.26. The van der Waals surface area contributed by atoms with Crippen LogP contribution in [0.15, 0.2) is 182 Å². The Morgan fingerprint density at radius 2 is 0.862 bits per heavy atom. The van der Waals surface area contributed by atoms with Crippen LogP contribution >= 0.6 is 0 Å². The SMILES string of the molecule is c1ccc(-c2ccc(-c3nc(-c4ccc(-c5ccccn5)cc4)nc(-n4c5ccccc5c5c6c7ccccc7c7nc8ccccc8n7c6ccc54)n3)cc2)nc1. The highest BCUT2D eigenvalue weighted by molar-refractivity contribution is 6.29. The molecule has 0 saturated heterocycles. The van der Waals surface area contributed by atoms with Crippen molar-refractivity contribution in [2.24, 2.45) is 0 Å². The van der Waals surface area contributed by atoms with E-state index < -0.39 is 0 Å². The van der Waals surface area contributed by atoms with E-state index in [9.17, 15) is 0 Å². The molecule has 0 atom stereocenters. The van der Waals surface area contributed by atoms with Gasteiger partial charge >= 0.3 is 0 Å². The minimum Gasteiger partial charge on any atom is -0.292 e. The van der Waals surface area contributed by atoms with E-state index in [0.29, 0.717) is 17.6 Å². The van der Waals surface area contributed by atoms with E-state index in [1.807, 2.05) is 54.9 Å². The van der Waals surface area contributed by atoms with Gasteiger partial charge in [0.2, 0.25) is 5.95 Å². The number of hydrogen-bond acceptors (Lipinski definition) is 6. The van der Waals surface area contributed by atoms with Gasteiger partial charge in [-0.1, -0.05) is 115 Å². The lowest BCUT2D eigenvalue weighted by molar-refractivity contribution is 0.953. The molecule has 12 rings (SSSR count). The van der Waals surface area contributed by atoms with Crippen LogP contribution in [-0.2, 0) is 0 Å². The Balaban J connectivity index is 1.13. The molecule has 0 aliphatic rings. The standard InChI is InChI=1S/C50H30N8/c1-2-12-36-35(11-1)45-43(57-42-18-6-4-16-40(42)53-49(36)57)27-28-44-46(45)37-13-3-5-17-41(37)58(44)50-55-47(33-23-19-31(20-24-33)38-14-7-9-29-51-38)54-48(56-50)34-25-21-32(22-26-34)39-15-8-10-30-52-39/h1-30H. The van der Waals surface area contributed by atoms with Gasteiger partial charge in [0.15, 0.2) is 11.6 Å². The Morgan fingerprint density at radius 3 is 1.50 bits per heavy atom. The number of fused-ring (bicyclic) bond motifs is 12. The molecule has 270 valence electrons. The molecule has 8 heteroatoms. The second-order valence-corrected chi connectivity index (χ2v) is 14.4. The minimum absolute atomic E-state index is 0.534. The first-order chi connectivity index (χ1) is 28.8. The third-order valence-corrected chi connectivity index (χ3v) is 11.1. The Kier molecular flexibility index (Phi) is 7.06. The van der Waals surface area contributed by atoms with E-state index in [2.05, 4.69) is 146 Å². The topological polar surface area (TPSA) is 86.7 Å². The van der Waals surface area contributed by atoms with Gasteiger partial charge in [0, 0.05) is 56.2 Å². The Bertz CT molecular complexity index is 3440. The minimum atomic E-state index is 0.534. The third-order valence-electron chi connectivity index (χ3n) is 11.1. The normalized spacial score (nSPS) is 11.8. The summed E-state index contributed by atoms with van der Waals surface area (Å²) < 4.78 is 4.50. The summed E-state index contributed by atoms with van der Waals surface area (Å²) in [6, 6.07) is 58.3. The zero-order valence-electron chi connectivity index (χ0n) is 30.9. The molecule has 0 aliphatic heterocycles. The second kappa shape index (κ2) is 12.7. The zero-order chi connectivity index (χ0) is 38.2. The Morgan fingerprint density at radius 1 is 0.345 bits per heavy atom. The molecule has 0 bridgehead atoms. The molecular formula is C50H30N8. The molecule has 6 aromatic carbocycles. The summed E-state index contributed by atoms with van der Waals surface area (Å²) in [6.45, 7) is 0. The number of pyridine rings is 3. The van der Waals surface area contributed by atoms with Crippen LogP contribution in [0.4, 0.5) is 0 Å². The summed E-state index contributed by atoms with van der Waals surface area (Å²) in [5.74, 6) is 1.68. The highest BCUT2D eigenvalue weighted by Gasteiger charge is 2.22. The molecule has 8 nitrogen and oxygen atoms in total. The third kappa shape index (κ3) is 4.95. The summed E-state index contributed by atoms with van der Waals surface area (Å²) in [6.07, 6.45) is 3.62. The van der Waals surface area contributed by atoms with Crippen LogP contribution in [0.3, 0.4) is 0 Å². The van der Waals surface area contributed by atoms with Gasteiger partial charge in [-0.2, -0.15) is 9.97 Å². The smallest absolute Gasteiger partial charge is 0.238 e. The highest BCUT2D eigenvalue weighted by Crippen LogP contribution is 2.41. The summed E-state index contributed by atoms with van der Waals surface area (Å²) in [7, 11) is 0. The first-order valence-electron chi connectivity index (χ1n) is 19.2. The number of para-hydroxylation sites is 3. The molecule has 58 heavy (non-hydrogen) atoms. The molecule has 0 saturated carbocycles. The van der Waals surface area contributed by atoms with E-state index in [1.165, 1.54) is 0 Å². The van der Waals surface area contributed by atoms with Crippen molar-refractivity contribution in [1.29, 1.82) is 0 Å². The van der Waals surface area contributed by atoms with Crippen molar-refractivity contribution in [1.82, 2.24) is 38.9 Å². The molecular weight excluding hydrogens is 713 g/mol. The molecule has 0 fully saturated rings. The van der Waals surface area contributed by atoms with Gasteiger partial charge in [0.1, 0.15) is 5.65 Å². The van der Waals surface area contributed by atoms with E-state index >= 15 is 0 Å². The van der Waals surface area contributed by atoms with Crippen molar-refractivity contribution >= 4 is 60.2 Å². The fourth-order valence-corrected chi connectivity index (χ4v) is 8.44. The maximum Gasteiger partial charge on any atom is 0.238 e. The molecule has 6 aromatic heterocycles. The number of benzene rings is 6. The van der Waals surface area contributed by atoms with E-state index in [1.54, 1.807) is 0 Å². The second-order valence-electron chi connectivity index (χ2n) is 14.4. The average Bonchev–Trinajstić information content (AvgIpc) is 3.86. The highest BCUT2D eigenvalue weighted by atomic mass is 15.2. The monoisotopic (exact) mass is 742 g/mol. The number of nitrogens with zero attached hydrogens (tertiary/aromatic N) is 8. The number of hydrogen-bond donors (Lipinski definition) is 0. The van der Waals surface area contributed by atoms with Gasteiger partial charge < -0.3 is 0 Å². The fourth-order valence-electron chi connectivity index (χ4n) is 8.44. The summed E-state index contributed by atoms with van der Waals surface area (Å²) in [4.78, 5) is 29.9. The molecule has 0 unspecified atom stereocenters. The quantitative estimate of drug-likeness (QED) is 0.163. The van der Waals surface area contributed by atoms with Crippen molar-refractivity contribution in [3.63, 3.8) is 0 Å². The molecule has 6 heterocycles. The lowest BCUT2D eigenvalue weighted by Gasteiger charge is -2.13. The van der Waals surface area contributed by atoms with Gasteiger partial charge in [-0.25, -0.2) is 9.97 Å². The first-order valence-corrected chi connectivity index (χ1v) is 19.2. The van der Waals surface area contributed by atoms with Crippen molar-refractivity contribution in [2.45, 2.75) is 0 Å². The lowest BCUT2D eigenvalue weighted by Crippen LogP contribution is -2.06. The Hall–Kier alpha value is -8.10. The molecule has 0 aliphatic carbocycles. The van der Waals surface area contributed by atoms with Crippen molar-refractivity contribution < 1.29 is 0 Å². The van der Waals surface area contributed by atoms with Gasteiger partial charge in [-0.15, -0.1) is 0 Å². The average molecular weight is 743 g/mol. The molecule has 12 aromatic rings. The van der Waals surface area contributed by atoms with Gasteiger partial charge in [-0.3, -0.25) is 18.9 Å². The first kappa shape index (κ1) is 32.2. The summed E-state index contributed by atoms with van der Waals surface area (Å²) in [5, 5.41) is 5.64. The zero-order valence-corrected chi connectivity index (χ0v) is 30.9. The molecule has 0 N–H and O–H groups in total. The molecule has 0 radical (unpaired) electrons. The van der Waals surface area contributed by atoms with Crippen LogP contribution in [0.2, 0.25) is 0 Å².